The van der Waals surface area contributed by atoms with Crippen LogP contribution in [0.15, 0.2) is 23.7 Å². The summed E-state index contributed by atoms with van der Waals surface area (Å²) in [6.45, 7) is 0.904. The summed E-state index contributed by atoms with van der Waals surface area (Å²) in [5.74, 6) is 0.819. The van der Waals surface area contributed by atoms with E-state index < -0.39 is 6.09 Å². The monoisotopic (exact) mass is 305 g/mol. The number of hydrogen-bond acceptors (Lipinski definition) is 6. The molecule has 3 heterocycles. The summed E-state index contributed by atoms with van der Waals surface area (Å²) in [5, 5.41) is 13.5. The molecule has 1 fully saturated rings. The summed E-state index contributed by atoms with van der Waals surface area (Å²) in [4.78, 5) is 21.5. The third-order valence-corrected chi connectivity index (χ3v) is 4.12. The lowest BCUT2D eigenvalue weighted by molar-refractivity contribution is 0.209. The summed E-state index contributed by atoms with van der Waals surface area (Å²) in [7, 11) is 0. The molecule has 1 saturated heterocycles. The van der Waals surface area contributed by atoms with Crippen molar-refractivity contribution in [2.75, 3.05) is 22.5 Å². The van der Waals surface area contributed by atoms with Crippen LogP contribution in [0.1, 0.15) is 24.6 Å². The molecule has 8 heteroatoms. The molecule has 2 aromatic heterocycles. The average Bonchev–Trinajstić information content (AvgIpc) is 3.07. The Balaban J connectivity index is 1.80. The second-order valence-electron chi connectivity index (χ2n) is 4.80. The number of hydrogen-bond donors (Lipinski definition) is 3. The number of nitrogens with zero attached hydrogens (tertiary/aromatic N) is 3. The molecule has 4 N–H and O–H groups in total. The zero-order valence-corrected chi connectivity index (χ0v) is 12.0. The van der Waals surface area contributed by atoms with Crippen molar-refractivity contribution in [1.29, 1.82) is 0 Å². The Bertz CT molecular complexity index is 642. The van der Waals surface area contributed by atoms with Gasteiger partial charge in [0.25, 0.3) is 0 Å². The molecule has 1 unspecified atom stereocenters. The largest absolute Gasteiger partial charge is 0.465 e. The van der Waals surface area contributed by atoms with Gasteiger partial charge in [-0.05, 0) is 25.0 Å². The normalized spacial score (nSPS) is 17.9. The van der Waals surface area contributed by atoms with Crippen LogP contribution in [0.2, 0.25) is 0 Å². The Hall–Kier alpha value is -2.35. The van der Waals surface area contributed by atoms with E-state index in [2.05, 4.69) is 20.2 Å². The van der Waals surface area contributed by atoms with Gasteiger partial charge in [0.15, 0.2) is 5.13 Å². The summed E-state index contributed by atoms with van der Waals surface area (Å²) in [5.41, 5.74) is 7.14. The lowest BCUT2D eigenvalue weighted by Crippen LogP contribution is -2.23. The van der Waals surface area contributed by atoms with Crippen molar-refractivity contribution >= 4 is 34.1 Å². The molecule has 0 spiro atoms. The van der Waals surface area contributed by atoms with E-state index in [0.717, 1.165) is 30.9 Å². The number of carbonyl (C=O) groups is 1. The zero-order chi connectivity index (χ0) is 14.8. The van der Waals surface area contributed by atoms with E-state index >= 15 is 0 Å². The van der Waals surface area contributed by atoms with Crippen LogP contribution in [-0.4, -0.2) is 27.7 Å². The topological polar surface area (TPSA) is 104 Å². The van der Waals surface area contributed by atoms with Gasteiger partial charge in [0, 0.05) is 11.9 Å². The smallest absolute Gasteiger partial charge is 0.409 e. The fraction of sp³-hybridized carbons (Fsp3) is 0.308. The molecule has 0 saturated carbocycles. The number of thiazole rings is 1. The minimum atomic E-state index is -1.10. The molecule has 1 aliphatic heterocycles. The fourth-order valence-electron chi connectivity index (χ4n) is 2.56. The first-order valence-electron chi connectivity index (χ1n) is 6.57. The van der Waals surface area contributed by atoms with Crippen LogP contribution < -0.4 is 16.0 Å². The lowest BCUT2D eigenvalue weighted by atomic mass is 10.1. The number of nitrogens with one attached hydrogen (secondary N) is 1. The first-order valence-corrected chi connectivity index (χ1v) is 7.45. The van der Waals surface area contributed by atoms with Gasteiger partial charge in [0.05, 0.1) is 23.6 Å². The molecule has 3 rings (SSSR count). The van der Waals surface area contributed by atoms with Crippen LogP contribution >= 0.6 is 11.3 Å². The standard InChI is InChI=1S/C13H15N5O2S/c14-12-17-9(7-21-12)10-2-1-5-18(10)11-4-3-8(6-15-11)16-13(19)20/h3-4,6-7,10,16H,1-2,5H2,(H2,14,17)(H,19,20). The van der Waals surface area contributed by atoms with Crippen LogP contribution in [0.5, 0.6) is 0 Å². The molecule has 0 aliphatic carbocycles. The van der Waals surface area contributed by atoms with Crippen molar-refractivity contribution in [3.63, 3.8) is 0 Å². The van der Waals surface area contributed by atoms with Gasteiger partial charge in [-0.25, -0.2) is 14.8 Å². The second kappa shape index (κ2) is 5.57. The summed E-state index contributed by atoms with van der Waals surface area (Å²) in [6, 6.07) is 3.71. The van der Waals surface area contributed by atoms with Gasteiger partial charge in [0.2, 0.25) is 0 Å². The van der Waals surface area contributed by atoms with Crippen LogP contribution in [0.25, 0.3) is 0 Å². The SMILES string of the molecule is Nc1nc(C2CCCN2c2ccc(NC(=O)O)cn2)cs1. The number of amides is 1. The van der Waals surface area contributed by atoms with Crippen molar-refractivity contribution in [2.45, 2.75) is 18.9 Å². The maximum absolute atomic E-state index is 10.6. The molecule has 1 aliphatic rings. The van der Waals surface area contributed by atoms with Gasteiger partial charge in [-0.15, -0.1) is 11.3 Å². The van der Waals surface area contributed by atoms with Crippen LogP contribution in [-0.2, 0) is 0 Å². The van der Waals surface area contributed by atoms with E-state index in [-0.39, 0.29) is 6.04 Å². The third kappa shape index (κ3) is 2.89. The zero-order valence-electron chi connectivity index (χ0n) is 11.2. The molecule has 7 nitrogen and oxygen atoms in total. The van der Waals surface area contributed by atoms with E-state index in [0.29, 0.717) is 10.8 Å². The number of nitrogens with two attached hydrogens (primary N) is 1. The number of aromatic nitrogens is 2. The first-order chi connectivity index (χ1) is 10.1. The highest BCUT2D eigenvalue weighted by Gasteiger charge is 2.28. The van der Waals surface area contributed by atoms with E-state index in [9.17, 15) is 4.79 Å². The lowest BCUT2D eigenvalue weighted by Gasteiger charge is -2.24. The molecule has 2 aromatic rings. The van der Waals surface area contributed by atoms with Crippen molar-refractivity contribution in [3.05, 3.63) is 29.4 Å². The molecule has 21 heavy (non-hydrogen) atoms. The first kappa shape index (κ1) is 13.6. The van der Waals surface area contributed by atoms with Crippen LogP contribution in [0.3, 0.4) is 0 Å². The molecule has 1 amide bonds. The predicted octanol–water partition coefficient (Wildman–Crippen LogP) is 2.55. The highest BCUT2D eigenvalue weighted by Crippen LogP contribution is 2.36. The minimum absolute atomic E-state index is 0.185. The number of carboxylic acid groups (broad SMARTS) is 1. The predicted molar refractivity (Wildman–Crippen MR) is 81.7 cm³/mol. The van der Waals surface area contributed by atoms with Crippen molar-refractivity contribution < 1.29 is 9.90 Å². The van der Waals surface area contributed by atoms with Crippen LogP contribution in [0.4, 0.5) is 21.4 Å². The van der Waals surface area contributed by atoms with Gasteiger partial charge in [0.1, 0.15) is 5.82 Å². The molecule has 110 valence electrons. The maximum Gasteiger partial charge on any atom is 0.409 e. The van der Waals surface area contributed by atoms with Crippen LogP contribution in [0, 0.1) is 0 Å². The quantitative estimate of drug-likeness (QED) is 0.805. The van der Waals surface area contributed by atoms with Crippen molar-refractivity contribution in [2.24, 2.45) is 0 Å². The minimum Gasteiger partial charge on any atom is -0.465 e. The van der Waals surface area contributed by atoms with Crippen molar-refractivity contribution in [1.82, 2.24) is 9.97 Å². The van der Waals surface area contributed by atoms with Gasteiger partial charge in [-0.1, -0.05) is 0 Å². The molecular weight excluding hydrogens is 290 g/mol. The summed E-state index contributed by atoms with van der Waals surface area (Å²) < 4.78 is 0. The fourth-order valence-corrected chi connectivity index (χ4v) is 3.16. The summed E-state index contributed by atoms with van der Waals surface area (Å²) in [6.07, 6.45) is 2.51. The molecule has 1 atom stereocenters. The highest BCUT2D eigenvalue weighted by atomic mass is 32.1. The molecule has 0 aromatic carbocycles. The summed E-state index contributed by atoms with van der Waals surface area (Å²) >= 11 is 1.44. The van der Waals surface area contributed by atoms with Gasteiger partial charge < -0.3 is 15.7 Å². The number of rotatable bonds is 3. The Morgan fingerprint density at radius 1 is 1.52 bits per heavy atom. The van der Waals surface area contributed by atoms with Gasteiger partial charge >= 0.3 is 6.09 Å². The van der Waals surface area contributed by atoms with E-state index in [4.69, 9.17) is 10.8 Å². The maximum atomic E-state index is 10.6. The Kier molecular flexibility index (Phi) is 3.61. The highest BCUT2D eigenvalue weighted by molar-refractivity contribution is 7.13. The van der Waals surface area contributed by atoms with Crippen molar-refractivity contribution in [3.8, 4) is 0 Å². The van der Waals surface area contributed by atoms with Gasteiger partial charge in [-0.2, -0.15) is 0 Å². The van der Waals surface area contributed by atoms with E-state index in [1.165, 1.54) is 17.5 Å². The molecule has 0 bridgehead atoms. The number of nitrogen functional groups attached to an aromatic ring is 1. The number of pyridine rings is 1. The molecule has 0 radical (unpaired) electrons. The molecular formula is C13H15N5O2S. The third-order valence-electron chi connectivity index (χ3n) is 3.43. The number of anilines is 3. The Labute approximate surface area is 125 Å². The Morgan fingerprint density at radius 3 is 3.00 bits per heavy atom. The average molecular weight is 305 g/mol. The Morgan fingerprint density at radius 2 is 2.38 bits per heavy atom. The second-order valence-corrected chi connectivity index (χ2v) is 5.69. The van der Waals surface area contributed by atoms with E-state index in [1.54, 1.807) is 6.07 Å². The van der Waals surface area contributed by atoms with Gasteiger partial charge in [-0.3, -0.25) is 5.32 Å². The van der Waals surface area contributed by atoms with E-state index in [1.807, 2.05) is 11.4 Å².